The molecule has 21 heavy (non-hydrogen) atoms. The lowest BCUT2D eigenvalue weighted by Gasteiger charge is -2.12. The van der Waals surface area contributed by atoms with Crippen LogP contribution in [-0.4, -0.2) is 20.1 Å². The Bertz CT molecular complexity index is 671. The van der Waals surface area contributed by atoms with E-state index in [1.54, 1.807) is 43.5 Å². The zero-order chi connectivity index (χ0) is 15.4. The minimum Gasteiger partial charge on any atom is -0.497 e. The van der Waals surface area contributed by atoms with E-state index >= 15 is 0 Å². The Kier molecular flexibility index (Phi) is 4.70. The first-order chi connectivity index (χ1) is 10.1. The number of hydrogen-bond donors (Lipinski definition) is 1. The van der Waals surface area contributed by atoms with Crippen molar-refractivity contribution in [2.45, 2.75) is 6.92 Å². The summed E-state index contributed by atoms with van der Waals surface area (Å²) < 4.78 is 10.4. The van der Waals surface area contributed by atoms with E-state index in [1.165, 1.54) is 7.11 Å². The van der Waals surface area contributed by atoms with Crippen molar-refractivity contribution in [3.63, 3.8) is 0 Å². The Labute approximate surface area is 128 Å². The fourth-order valence-corrected chi connectivity index (χ4v) is 2.10. The number of halogens is 1. The highest BCUT2D eigenvalue weighted by atomic mass is 35.5. The van der Waals surface area contributed by atoms with Gasteiger partial charge in [0.1, 0.15) is 11.5 Å². The van der Waals surface area contributed by atoms with E-state index in [4.69, 9.17) is 21.1 Å². The molecule has 0 fully saturated rings. The molecule has 110 valence electrons. The molecule has 0 saturated carbocycles. The molecule has 0 saturated heterocycles. The second-order valence-electron chi connectivity index (χ2n) is 4.43. The number of amides is 1. The summed E-state index contributed by atoms with van der Waals surface area (Å²) in [5.74, 6) is 0.785. The zero-order valence-corrected chi connectivity index (χ0v) is 12.8. The van der Waals surface area contributed by atoms with Gasteiger partial charge in [0.2, 0.25) is 0 Å². The van der Waals surface area contributed by atoms with Crippen LogP contribution in [0.2, 0.25) is 5.02 Å². The molecule has 0 atom stereocenters. The molecule has 0 unspecified atom stereocenters. The van der Waals surface area contributed by atoms with E-state index in [9.17, 15) is 4.79 Å². The number of carbonyl (C=O) groups is 1. The topological polar surface area (TPSA) is 47.6 Å². The first kappa shape index (κ1) is 15.2. The average molecular weight is 306 g/mol. The van der Waals surface area contributed by atoms with Crippen molar-refractivity contribution in [2.24, 2.45) is 0 Å². The van der Waals surface area contributed by atoms with E-state index in [2.05, 4.69) is 5.32 Å². The Morgan fingerprint density at radius 2 is 1.90 bits per heavy atom. The number of ether oxygens (including phenoxy) is 2. The van der Waals surface area contributed by atoms with Gasteiger partial charge in [-0.3, -0.25) is 4.79 Å². The first-order valence-corrected chi connectivity index (χ1v) is 6.73. The van der Waals surface area contributed by atoms with Crippen molar-refractivity contribution in [3.05, 3.63) is 52.5 Å². The molecule has 1 N–H and O–H groups in total. The minimum atomic E-state index is -0.281. The molecule has 0 heterocycles. The molecule has 2 rings (SSSR count). The van der Waals surface area contributed by atoms with Crippen molar-refractivity contribution < 1.29 is 14.3 Å². The summed E-state index contributed by atoms with van der Waals surface area (Å²) in [6.45, 7) is 1.85. The Balaban J connectivity index is 2.34. The lowest BCUT2D eigenvalue weighted by molar-refractivity contribution is 0.102. The molecule has 1 amide bonds. The SMILES string of the molecule is COc1ccc(OC)c(C(=O)Nc2cccc(Cl)c2C)c1. The highest BCUT2D eigenvalue weighted by Crippen LogP contribution is 2.27. The summed E-state index contributed by atoms with van der Waals surface area (Å²) in [4.78, 5) is 12.4. The summed E-state index contributed by atoms with van der Waals surface area (Å²) in [6.07, 6.45) is 0. The Morgan fingerprint density at radius 1 is 1.14 bits per heavy atom. The monoisotopic (exact) mass is 305 g/mol. The molecule has 0 aliphatic heterocycles. The number of hydrogen-bond acceptors (Lipinski definition) is 3. The molecule has 0 aliphatic carbocycles. The zero-order valence-electron chi connectivity index (χ0n) is 12.1. The lowest BCUT2D eigenvalue weighted by Crippen LogP contribution is -2.14. The number of benzene rings is 2. The van der Waals surface area contributed by atoms with E-state index < -0.39 is 0 Å². The van der Waals surface area contributed by atoms with Crippen LogP contribution in [0.4, 0.5) is 5.69 Å². The van der Waals surface area contributed by atoms with E-state index in [0.29, 0.717) is 27.8 Å². The molecule has 0 aliphatic rings. The Morgan fingerprint density at radius 3 is 2.57 bits per heavy atom. The normalized spacial score (nSPS) is 10.1. The second kappa shape index (κ2) is 6.50. The Hall–Kier alpha value is -2.20. The van der Waals surface area contributed by atoms with Gasteiger partial charge in [-0.15, -0.1) is 0 Å². The van der Waals surface area contributed by atoms with E-state index in [1.807, 2.05) is 6.92 Å². The molecular weight excluding hydrogens is 290 g/mol. The second-order valence-corrected chi connectivity index (χ2v) is 4.84. The summed E-state index contributed by atoms with van der Waals surface area (Å²) in [5, 5.41) is 3.44. The van der Waals surface area contributed by atoms with Crippen molar-refractivity contribution >= 4 is 23.2 Å². The van der Waals surface area contributed by atoms with E-state index in [0.717, 1.165) is 5.56 Å². The molecule has 0 bridgehead atoms. The number of methoxy groups -OCH3 is 2. The van der Waals surface area contributed by atoms with Crippen LogP contribution >= 0.6 is 11.6 Å². The largest absolute Gasteiger partial charge is 0.497 e. The molecule has 5 heteroatoms. The van der Waals surface area contributed by atoms with Crippen LogP contribution in [0.25, 0.3) is 0 Å². The van der Waals surface area contributed by atoms with Crippen LogP contribution in [-0.2, 0) is 0 Å². The fraction of sp³-hybridized carbons (Fsp3) is 0.188. The van der Waals surface area contributed by atoms with Crippen molar-refractivity contribution in [2.75, 3.05) is 19.5 Å². The van der Waals surface area contributed by atoms with Gasteiger partial charge in [-0.05, 0) is 42.8 Å². The van der Waals surface area contributed by atoms with Gasteiger partial charge < -0.3 is 14.8 Å². The third-order valence-electron chi connectivity index (χ3n) is 3.17. The van der Waals surface area contributed by atoms with E-state index in [-0.39, 0.29) is 5.91 Å². The molecule has 0 aromatic heterocycles. The number of carbonyl (C=O) groups excluding carboxylic acids is 1. The van der Waals surface area contributed by atoms with Crippen LogP contribution in [0.5, 0.6) is 11.5 Å². The van der Waals surface area contributed by atoms with Crippen LogP contribution < -0.4 is 14.8 Å². The maximum absolute atomic E-state index is 12.4. The molecule has 2 aromatic carbocycles. The van der Waals surface area contributed by atoms with Gasteiger partial charge in [0.25, 0.3) is 5.91 Å². The van der Waals surface area contributed by atoms with Crippen LogP contribution in [0, 0.1) is 6.92 Å². The van der Waals surface area contributed by atoms with Crippen LogP contribution in [0.3, 0.4) is 0 Å². The predicted octanol–water partition coefficient (Wildman–Crippen LogP) is 3.92. The fourth-order valence-electron chi connectivity index (χ4n) is 1.92. The van der Waals surface area contributed by atoms with Crippen molar-refractivity contribution in [3.8, 4) is 11.5 Å². The third-order valence-corrected chi connectivity index (χ3v) is 3.58. The summed E-state index contributed by atoms with van der Waals surface area (Å²) >= 11 is 6.05. The average Bonchev–Trinajstić information content (AvgIpc) is 2.51. The van der Waals surface area contributed by atoms with Crippen LogP contribution in [0.1, 0.15) is 15.9 Å². The van der Waals surface area contributed by atoms with Gasteiger partial charge >= 0.3 is 0 Å². The maximum Gasteiger partial charge on any atom is 0.259 e. The van der Waals surface area contributed by atoms with Gasteiger partial charge in [-0.1, -0.05) is 17.7 Å². The molecule has 2 aromatic rings. The lowest BCUT2D eigenvalue weighted by atomic mass is 10.1. The standard InChI is InChI=1S/C16H16ClNO3/c1-10-13(17)5-4-6-14(10)18-16(19)12-9-11(20-2)7-8-15(12)21-3/h4-9H,1-3H3,(H,18,19). The predicted molar refractivity (Wildman–Crippen MR) is 83.7 cm³/mol. The highest BCUT2D eigenvalue weighted by Gasteiger charge is 2.15. The molecular formula is C16H16ClNO3. The highest BCUT2D eigenvalue weighted by molar-refractivity contribution is 6.31. The van der Waals surface area contributed by atoms with Gasteiger partial charge in [0, 0.05) is 10.7 Å². The smallest absolute Gasteiger partial charge is 0.259 e. The van der Waals surface area contributed by atoms with Crippen molar-refractivity contribution in [1.82, 2.24) is 0 Å². The maximum atomic E-state index is 12.4. The summed E-state index contributed by atoms with van der Waals surface area (Å²) in [6, 6.07) is 10.4. The molecule has 0 radical (unpaired) electrons. The van der Waals surface area contributed by atoms with Gasteiger partial charge in [0.05, 0.1) is 19.8 Å². The quantitative estimate of drug-likeness (QED) is 0.931. The summed E-state index contributed by atoms with van der Waals surface area (Å²) in [7, 11) is 3.06. The minimum absolute atomic E-state index is 0.281. The first-order valence-electron chi connectivity index (χ1n) is 6.35. The third kappa shape index (κ3) is 3.28. The summed E-state index contributed by atoms with van der Waals surface area (Å²) in [5.41, 5.74) is 1.88. The molecule has 4 nitrogen and oxygen atoms in total. The van der Waals surface area contributed by atoms with Crippen LogP contribution in [0.15, 0.2) is 36.4 Å². The van der Waals surface area contributed by atoms with Gasteiger partial charge in [0.15, 0.2) is 0 Å². The molecule has 0 spiro atoms. The number of rotatable bonds is 4. The van der Waals surface area contributed by atoms with Crippen molar-refractivity contribution in [1.29, 1.82) is 0 Å². The number of nitrogens with one attached hydrogen (secondary N) is 1. The van der Waals surface area contributed by atoms with Gasteiger partial charge in [-0.2, -0.15) is 0 Å². The number of anilines is 1. The van der Waals surface area contributed by atoms with Gasteiger partial charge in [-0.25, -0.2) is 0 Å².